The predicted molar refractivity (Wildman–Crippen MR) is 124 cm³/mol. The van der Waals surface area contributed by atoms with Crippen LogP contribution in [0.25, 0.3) is 0 Å². The van der Waals surface area contributed by atoms with Gasteiger partial charge in [0.2, 0.25) is 5.91 Å². The minimum atomic E-state index is 0.0126. The Hall–Kier alpha value is -2.04. The maximum atomic E-state index is 13.3. The number of rotatable bonds is 5. The third-order valence-electron chi connectivity index (χ3n) is 8.73. The van der Waals surface area contributed by atoms with Gasteiger partial charge in [-0.05, 0) is 105 Å². The second-order valence-corrected chi connectivity index (χ2v) is 11.2. The molecule has 5 fully saturated rings. The van der Waals surface area contributed by atoms with E-state index in [1.807, 2.05) is 34.9 Å². The largest absolute Gasteiger partial charge is 0.484 e. The van der Waals surface area contributed by atoms with Crippen LogP contribution < -0.4 is 4.74 Å². The summed E-state index contributed by atoms with van der Waals surface area (Å²) in [6.07, 6.45) is 9.66. The highest BCUT2D eigenvalue weighted by atomic mass is 16.5. The first-order valence-electron chi connectivity index (χ1n) is 12.6. The molecule has 2 amide bonds. The average Bonchev–Trinajstić information content (AvgIpc) is 2.99. The molecule has 5 heteroatoms. The number of ether oxygens (including phenoxy) is 1. The van der Waals surface area contributed by atoms with Crippen LogP contribution in [0, 0.1) is 37.0 Å². The molecule has 4 bridgehead atoms. The highest BCUT2D eigenvalue weighted by Crippen LogP contribution is 2.61. The molecule has 1 aromatic rings. The van der Waals surface area contributed by atoms with Crippen LogP contribution >= 0.6 is 0 Å². The zero-order valence-electron chi connectivity index (χ0n) is 19.8. The van der Waals surface area contributed by atoms with Crippen molar-refractivity contribution in [3.8, 4) is 5.75 Å². The van der Waals surface area contributed by atoms with E-state index in [4.69, 9.17) is 4.74 Å². The standard InChI is InChI=1S/C27H38N2O3/c1-19-4-5-24(10-20(19)2)32-18-26(31)29-7-3-6-28(8-9-29)25(30)17-27-14-21-11-22(15-27)13-23(12-21)16-27/h4-5,10,21-23H,3,6-9,11-18H2,1-2H3. The van der Waals surface area contributed by atoms with Gasteiger partial charge in [0.15, 0.2) is 6.61 Å². The lowest BCUT2D eigenvalue weighted by Gasteiger charge is -2.57. The number of nitrogens with zero attached hydrogens (tertiary/aromatic N) is 2. The van der Waals surface area contributed by atoms with Gasteiger partial charge in [0.25, 0.3) is 5.91 Å². The Morgan fingerprint density at radius 2 is 1.47 bits per heavy atom. The maximum Gasteiger partial charge on any atom is 0.260 e. The fourth-order valence-electron chi connectivity index (χ4n) is 7.40. The zero-order chi connectivity index (χ0) is 22.3. The van der Waals surface area contributed by atoms with E-state index in [0.29, 0.717) is 25.5 Å². The number of hydrogen-bond donors (Lipinski definition) is 0. The number of benzene rings is 1. The third kappa shape index (κ3) is 4.53. The fourth-order valence-corrected chi connectivity index (χ4v) is 7.40. The average molecular weight is 439 g/mol. The van der Waals surface area contributed by atoms with Gasteiger partial charge >= 0.3 is 0 Å². The first-order valence-corrected chi connectivity index (χ1v) is 12.6. The second-order valence-electron chi connectivity index (χ2n) is 11.2. The summed E-state index contributed by atoms with van der Waals surface area (Å²) < 4.78 is 5.76. The molecule has 0 unspecified atom stereocenters. The van der Waals surface area contributed by atoms with Gasteiger partial charge in [-0.25, -0.2) is 0 Å². The van der Waals surface area contributed by atoms with Crippen molar-refractivity contribution < 1.29 is 14.3 Å². The molecule has 5 nitrogen and oxygen atoms in total. The lowest BCUT2D eigenvalue weighted by atomic mass is 9.49. The van der Waals surface area contributed by atoms with Crippen LogP contribution in [0.4, 0.5) is 0 Å². The van der Waals surface area contributed by atoms with Gasteiger partial charge in [0.1, 0.15) is 5.75 Å². The molecular weight excluding hydrogens is 400 g/mol. The van der Waals surface area contributed by atoms with Gasteiger partial charge in [-0.15, -0.1) is 0 Å². The highest BCUT2D eigenvalue weighted by Gasteiger charge is 2.51. The van der Waals surface area contributed by atoms with Crippen LogP contribution in [0.2, 0.25) is 0 Å². The van der Waals surface area contributed by atoms with Crippen LogP contribution in [-0.4, -0.2) is 54.4 Å². The van der Waals surface area contributed by atoms with Crippen molar-refractivity contribution in [3.63, 3.8) is 0 Å². The Kier molecular flexibility index (Phi) is 5.94. The molecular formula is C27H38N2O3. The number of amides is 2. The van der Waals surface area contributed by atoms with Crippen LogP contribution in [0.1, 0.15) is 62.5 Å². The molecule has 0 atom stereocenters. The Labute approximate surface area is 192 Å². The normalized spacial score (nSPS) is 31.5. The van der Waals surface area contributed by atoms with Crippen molar-refractivity contribution in [2.24, 2.45) is 23.2 Å². The summed E-state index contributed by atoms with van der Waals surface area (Å²) in [7, 11) is 0. The van der Waals surface area contributed by atoms with Crippen LogP contribution in [0.3, 0.4) is 0 Å². The molecule has 0 spiro atoms. The lowest BCUT2D eigenvalue weighted by Crippen LogP contribution is -2.48. The maximum absolute atomic E-state index is 13.3. The fraction of sp³-hybridized carbons (Fsp3) is 0.704. The van der Waals surface area contributed by atoms with Gasteiger partial charge in [-0.3, -0.25) is 9.59 Å². The topological polar surface area (TPSA) is 49.9 Å². The summed E-state index contributed by atoms with van der Waals surface area (Å²) in [5, 5.41) is 0. The van der Waals surface area contributed by atoms with E-state index in [1.165, 1.54) is 44.1 Å². The lowest BCUT2D eigenvalue weighted by molar-refractivity contribution is -0.140. The molecule has 6 rings (SSSR count). The number of carbonyl (C=O) groups is 2. The van der Waals surface area contributed by atoms with E-state index in [9.17, 15) is 9.59 Å². The Morgan fingerprint density at radius 1 is 0.875 bits per heavy atom. The van der Waals surface area contributed by atoms with Gasteiger partial charge < -0.3 is 14.5 Å². The Morgan fingerprint density at radius 3 is 2.06 bits per heavy atom. The van der Waals surface area contributed by atoms with Crippen molar-refractivity contribution in [2.75, 3.05) is 32.8 Å². The summed E-state index contributed by atoms with van der Waals surface area (Å²) in [4.78, 5) is 29.9. The summed E-state index contributed by atoms with van der Waals surface area (Å²) in [5.41, 5.74) is 2.67. The van der Waals surface area contributed by atoms with Gasteiger partial charge in [0, 0.05) is 32.6 Å². The third-order valence-corrected chi connectivity index (χ3v) is 8.73. The molecule has 1 aromatic carbocycles. The molecule has 0 radical (unpaired) electrons. The van der Waals surface area contributed by atoms with E-state index < -0.39 is 0 Å². The second kappa shape index (κ2) is 8.72. The van der Waals surface area contributed by atoms with Crippen molar-refractivity contribution in [2.45, 2.75) is 65.2 Å². The van der Waals surface area contributed by atoms with E-state index in [0.717, 1.165) is 48.5 Å². The molecule has 0 N–H and O–H groups in total. The SMILES string of the molecule is Cc1ccc(OCC(=O)N2CCCN(C(=O)CC34CC5CC(CC(C5)C3)C4)CC2)cc1C. The summed E-state index contributed by atoms with van der Waals surface area (Å²) in [5.74, 6) is 3.71. The zero-order valence-corrected chi connectivity index (χ0v) is 19.8. The van der Waals surface area contributed by atoms with Crippen molar-refractivity contribution in [3.05, 3.63) is 29.3 Å². The smallest absolute Gasteiger partial charge is 0.260 e. The van der Waals surface area contributed by atoms with Gasteiger partial charge in [-0.1, -0.05) is 6.07 Å². The van der Waals surface area contributed by atoms with E-state index in [1.54, 1.807) is 0 Å². The van der Waals surface area contributed by atoms with E-state index >= 15 is 0 Å². The monoisotopic (exact) mass is 438 g/mol. The molecule has 32 heavy (non-hydrogen) atoms. The first kappa shape index (κ1) is 21.8. The van der Waals surface area contributed by atoms with Crippen LogP contribution in [0.15, 0.2) is 18.2 Å². The van der Waals surface area contributed by atoms with Gasteiger partial charge in [0.05, 0.1) is 0 Å². The van der Waals surface area contributed by atoms with Crippen molar-refractivity contribution in [1.29, 1.82) is 0 Å². The number of carbonyl (C=O) groups excluding carboxylic acids is 2. The van der Waals surface area contributed by atoms with Gasteiger partial charge in [-0.2, -0.15) is 0 Å². The molecule has 1 aliphatic heterocycles. The van der Waals surface area contributed by atoms with E-state index in [-0.39, 0.29) is 17.9 Å². The summed E-state index contributed by atoms with van der Waals surface area (Å²) in [6.45, 7) is 6.92. The predicted octanol–water partition coefficient (Wildman–Crippen LogP) is 4.35. The molecule has 174 valence electrons. The van der Waals surface area contributed by atoms with Crippen molar-refractivity contribution >= 4 is 11.8 Å². The quantitative estimate of drug-likeness (QED) is 0.687. The molecule has 4 aliphatic carbocycles. The summed E-state index contributed by atoms with van der Waals surface area (Å²) in [6, 6.07) is 5.92. The molecule has 1 saturated heterocycles. The molecule has 4 saturated carbocycles. The number of aryl methyl sites for hydroxylation is 2. The molecule has 0 aromatic heterocycles. The summed E-state index contributed by atoms with van der Waals surface area (Å²) >= 11 is 0. The highest BCUT2D eigenvalue weighted by molar-refractivity contribution is 5.79. The molecule has 5 aliphatic rings. The Balaban J connectivity index is 1.12. The van der Waals surface area contributed by atoms with Crippen LogP contribution in [0.5, 0.6) is 5.75 Å². The molecule has 1 heterocycles. The minimum absolute atomic E-state index is 0.0126. The Bertz CT molecular complexity index is 844. The minimum Gasteiger partial charge on any atom is -0.484 e. The first-order chi connectivity index (χ1) is 15.4. The van der Waals surface area contributed by atoms with Crippen molar-refractivity contribution in [1.82, 2.24) is 9.80 Å². The van der Waals surface area contributed by atoms with E-state index in [2.05, 4.69) is 6.92 Å². The number of hydrogen-bond acceptors (Lipinski definition) is 3. The van der Waals surface area contributed by atoms with Crippen LogP contribution in [-0.2, 0) is 9.59 Å².